The van der Waals surface area contributed by atoms with Gasteiger partial charge >= 0.3 is 0 Å². The summed E-state index contributed by atoms with van der Waals surface area (Å²) in [4.78, 5) is 0. The minimum atomic E-state index is 0.217. The number of rotatable bonds is 11. The lowest BCUT2D eigenvalue weighted by Crippen LogP contribution is -2.43. The van der Waals surface area contributed by atoms with Gasteiger partial charge in [0.2, 0.25) is 0 Å². The largest absolute Gasteiger partial charge is 0.489 e. The van der Waals surface area contributed by atoms with Gasteiger partial charge in [0.1, 0.15) is 11.9 Å². The molecule has 0 aliphatic rings. The van der Waals surface area contributed by atoms with E-state index in [0.29, 0.717) is 12.6 Å². The smallest absolute Gasteiger partial charge is 0.120 e. The number of ether oxygens (including phenoxy) is 2. The minimum Gasteiger partial charge on any atom is -0.489 e. The van der Waals surface area contributed by atoms with Gasteiger partial charge in [0.05, 0.1) is 6.61 Å². The molecule has 1 aromatic rings. The van der Waals surface area contributed by atoms with Crippen molar-refractivity contribution >= 4 is 0 Å². The van der Waals surface area contributed by atoms with E-state index < -0.39 is 0 Å². The molecule has 0 radical (unpaired) electrons. The zero-order valence-electron chi connectivity index (χ0n) is 14.0. The maximum absolute atomic E-state index is 6.24. The van der Waals surface area contributed by atoms with Gasteiger partial charge in [0.25, 0.3) is 0 Å². The van der Waals surface area contributed by atoms with E-state index in [4.69, 9.17) is 9.47 Å². The summed E-state index contributed by atoms with van der Waals surface area (Å²) in [5, 5.41) is 3.63. The second kappa shape index (κ2) is 10.6. The van der Waals surface area contributed by atoms with Crippen molar-refractivity contribution in [2.24, 2.45) is 0 Å². The summed E-state index contributed by atoms with van der Waals surface area (Å²) in [5.74, 6) is 0.941. The lowest BCUT2D eigenvalue weighted by molar-refractivity contribution is 0.141. The van der Waals surface area contributed by atoms with Crippen molar-refractivity contribution < 1.29 is 9.47 Å². The first-order valence-electron chi connectivity index (χ1n) is 8.23. The number of methoxy groups -OCH3 is 1. The quantitative estimate of drug-likeness (QED) is 0.664. The van der Waals surface area contributed by atoms with Gasteiger partial charge < -0.3 is 14.8 Å². The first kappa shape index (κ1) is 18.0. The van der Waals surface area contributed by atoms with Crippen LogP contribution in [0.15, 0.2) is 24.3 Å². The highest BCUT2D eigenvalue weighted by atomic mass is 16.5. The van der Waals surface area contributed by atoms with E-state index in [-0.39, 0.29) is 6.10 Å². The van der Waals surface area contributed by atoms with E-state index in [9.17, 15) is 0 Å². The lowest BCUT2D eigenvalue weighted by atomic mass is 10.0. The van der Waals surface area contributed by atoms with Gasteiger partial charge in [-0.25, -0.2) is 0 Å². The monoisotopic (exact) mass is 293 g/mol. The Bertz CT molecular complexity index is 381. The Morgan fingerprint density at radius 2 is 1.95 bits per heavy atom. The van der Waals surface area contributed by atoms with E-state index in [2.05, 4.69) is 38.2 Å². The topological polar surface area (TPSA) is 30.5 Å². The number of hydrogen-bond acceptors (Lipinski definition) is 3. The zero-order valence-corrected chi connectivity index (χ0v) is 14.0. The van der Waals surface area contributed by atoms with Crippen LogP contribution in [0.4, 0.5) is 0 Å². The third-order valence-corrected chi connectivity index (χ3v) is 3.60. The fourth-order valence-corrected chi connectivity index (χ4v) is 2.56. The fraction of sp³-hybridized carbons (Fsp3) is 0.667. The highest BCUT2D eigenvalue weighted by molar-refractivity contribution is 5.28. The molecule has 3 nitrogen and oxygen atoms in total. The standard InChI is InChI=1S/C18H31NO2/c1-5-9-17(19-12-6-2)18(7-3)21-16-11-8-10-15(13-16)14-20-4/h8,10-11,13,17-19H,5-7,9,12,14H2,1-4H3. The van der Waals surface area contributed by atoms with Crippen molar-refractivity contribution in [1.29, 1.82) is 0 Å². The molecular weight excluding hydrogens is 262 g/mol. The predicted molar refractivity (Wildman–Crippen MR) is 88.9 cm³/mol. The van der Waals surface area contributed by atoms with Crippen LogP contribution in [0.5, 0.6) is 5.75 Å². The van der Waals surface area contributed by atoms with Crippen molar-refractivity contribution in [2.45, 2.75) is 65.2 Å². The highest BCUT2D eigenvalue weighted by Crippen LogP contribution is 2.19. The second-order valence-electron chi connectivity index (χ2n) is 5.49. The Labute approximate surface area is 130 Å². The average Bonchev–Trinajstić information content (AvgIpc) is 2.50. The molecule has 0 amide bonds. The molecule has 2 atom stereocenters. The van der Waals surface area contributed by atoms with E-state index >= 15 is 0 Å². The maximum atomic E-state index is 6.24. The van der Waals surface area contributed by atoms with Crippen LogP contribution in [0.2, 0.25) is 0 Å². The molecule has 21 heavy (non-hydrogen) atoms. The van der Waals surface area contributed by atoms with Crippen LogP contribution >= 0.6 is 0 Å². The normalized spacial score (nSPS) is 13.9. The molecule has 3 heteroatoms. The summed E-state index contributed by atoms with van der Waals surface area (Å²) < 4.78 is 11.4. The molecule has 0 spiro atoms. The van der Waals surface area contributed by atoms with E-state index in [1.807, 2.05) is 12.1 Å². The molecule has 2 unspecified atom stereocenters. The van der Waals surface area contributed by atoms with Crippen LogP contribution in [0, 0.1) is 0 Å². The van der Waals surface area contributed by atoms with Crippen LogP contribution < -0.4 is 10.1 Å². The van der Waals surface area contributed by atoms with Crippen LogP contribution in [0.25, 0.3) is 0 Å². The SMILES string of the molecule is CCCNC(CCC)C(CC)Oc1cccc(COC)c1. The second-order valence-corrected chi connectivity index (χ2v) is 5.49. The van der Waals surface area contributed by atoms with Gasteiger partial charge in [0, 0.05) is 13.2 Å². The average molecular weight is 293 g/mol. The van der Waals surface area contributed by atoms with Crippen LogP contribution in [-0.4, -0.2) is 25.8 Å². The third-order valence-electron chi connectivity index (χ3n) is 3.60. The molecule has 0 fully saturated rings. The summed E-state index contributed by atoms with van der Waals surface area (Å²) in [6, 6.07) is 8.63. The van der Waals surface area contributed by atoms with Gasteiger partial charge in [-0.2, -0.15) is 0 Å². The number of benzene rings is 1. The van der Waals surface area contributed by atoms with Gasteiger partial charge in [-0.05, 0) is 43.5 Å². The molecule has 0 saturated carbocycles. The summed E-state index contributed by atoms with van der Waals surface area (Å²) in [6.07, 6.45) is 4.70. The third kappa shape index (κ3) is 6.49. The molecule has 0 saturated heterocycles. The van der Waals surface area contributed by atoms with Crippen molar-refractivity contribution in [1.82, 2.24) is 5.32 Å². The Morgan fingerprint density at radius 1 is 1.14 bits per heavy atom. The Balaban J connectivity index is 2.71. The van der Waals surface area contributed by atoms with Gasteiger partial charge in [-0.15, -0.1) is 0 Å². The molecule has 1 N–H and O–H groups in total. The summed E-state index contributed by atoms with van der Waals surface area (Å²) in [7, 11) is 1.72. The Morgan fingerprint density at radius 3 is 2.57 bits per heavy atom. The summed E-state index contributed by atoms with van der Waals surface area (Å²) in [5.41, 5.74) is 1.15. The Hall–Kier alpha value is -1.06. The van der Waals surface area contributed by atoms with Crippen molar-refractivity contribution in [2.75, 3.05) is 13.7 Å². The van der Waals surface area contributed by atoms with Crippen molar-refractivity contribution in [3.63, 3.8) is 0 Å². The maximum Gasteiger partial charge on any atom is 0.120 e. The van der Waals surface area contributed by atoms with E-state index in [1.165, 1.54) is 6.42 Å². The molecule has 0 bridgehead atoms. The van der Waals surface area contributed by atoms with Crippen molar-refractivity contribution in [3.8, 4) is 5.75 Å². The molecule has 0 aliphatic carbocycles. The lowest BCUT2D eigenvalue weighted by Gasteiger charge is -2.28. The van der Waals surface area contributed by atoms with Gasteiger partial charge in [-0.1, -0.05) is 39.3 Å². The summed E-state index contributed by atoms with van der Waals surface area (Å²) in [6.45, 7) is 8.30. The van der Waals surface area contributed by atoms with Crippen LogP contribution in [-0.2, 0) is 11.3 Å². The Kier molecular flexibility index (Phi) is 9.11. The van der Waals surface area contributed by atoms with Gasteiger partial charge in [-0.3, -0.25) is 0 Å². The zero-order chi connectivity index (χ0) is 15.5. The number of nitrogens with one attached hydrogen (secondary N) is 1. The first-order chi connectivity index (χ1) is 10.2. The molecule has 1 rings (SSSR count). The fourth-order valence-electron chi connectivity index (χ4n) is 2.56. The van der Waals surface area contributed by atoms with Crippen LogP contribution in [0.1, 0.15) is 52.0 Å². The molecule has 1 aromatic carbocycles. The summed E-state index contributed by atoms with van der Waals surface area (Å²) >= 11 is 0. The molecule has 0 aromatic heterocycles. The minimum absolute atomic E-state index is 0.217. The van der Waals surface area contributed by atoms with E-state index in [1.54, 1.807) is 7.11 Å². The highest BCUT2D eigenvalue weighted by Gasteiger charge is 2.20. The molecule has 0 heterocycles. The van der Waals surface area contributed by atoms with E-state index in [0.717, 1.165) is 37.1 Å². The number of hydrogen-bond donors (Lipinski definition) is 1. The predicted octanol–water partition coefficient (Wildman–Crippen LogP) is 4.16. The van der Waals surface area contributed by atoms with Gasteiger partial charge in [0.15, 0.2) is 0 Å². The molecular formula is C18H31NO2. The van der Waals surface area contributed by atoms with Crippen LogP contribution in [0.3, 0.4) is 0 Å². The first-order valence-corrected chi connectivity index (χ1v) is 8.23. The molecule has 0 aliphatic heterocycles. The van der Waals surface area contributed by atoms with Crippen molar-refractivity contribution in [3.05, 3.63) is 29.8 Å². The molecule has 120 valence electrons.